The van der Waals surface area contributed by atoms with Crippen LogP contribution in [-0.4, -0.2) is 14.5 Å². The molecule has 2 radical (unpaired) electrons. The van der Waals surface area contributed by atoms with E-state index >= 15 is 0 Å². The lowest BCUT2D eigenvalue weighted by molar-refractivity contribution is 0.213. The van der Waals surface area contributed by atoms with Crippen molar-refractivity contribution in [3.63, 3.8) is 0 Å². The first kappa shape index (κ1) is 13.3. The molecule has 1 aliphatic heterocycles. The highest BCUT2D eigenvalue weighted by Crippen LogP contribution is 2.49. The average Bonchev–Trinajstić information content (AvgIpc) is 2.53. The molecular formula is C16H21BO. The van der Waals surface area contributed by atoms with Crippen molar-refractivity contribution in [2.24, 2.45) is 10.8 Å². The summed E-state index contributed by atoms with van der Waals surface area (Å²) in [5, 5.41) is 0. The Morgan fingerprint density at radius 2 is 1.89 bits per heavy atom. The Kier molecular flexibility index (Phi) is 3.08. The van der Waals surface area contributed by atoms with Gasteiger partial charge in [-0.2, -0.15) is 0 Å². The molecule has 0 fully saturated rings. The summed E-state index contributed by atoms with van der Waals surface area (Å²) in [7, 11) is 5.87. The quantitative estimate of drug-likeness (QED) is 0.684. The van der Waals surface area contributed by atoms with Gasteiger partial charge in [0.05, 0.1) is 6.61 Å². The van der Waals surface area contributed by atoms with Crippen molar-refractivity contribution in [2.75, 3.05) is 6.61 Å². The van der Waals surface area contributed by atoms with Crippen LogP contribution < -0.4 is 5.46 Å². The predicted octanol–water partition coefficient (Wildman–Crippen LogP) is 3.29. The summed E-state index contributed by atoms with van der Waals surface area (Å²) in [6.45, 7) is 11.9. The normalized spacial score (nSPS) is 18.9. The highest BCUT2D eigenvalue weighted by atomic mass is 16.5. The van der Waals surface area contributed by atoms with E-state index in [4.69, 9.17) is 12.6 Å². The highest BCUT2D eigenvalue weighted by Gasteiger charge is 2.41. The second-order valence-electron chi connectivity index (χ2n) is 6.75. The Labute approximate surface area is 112 Å². The molecule has 18 heavy (non-hydrogen) atoms. The molecule has 0 spiro atoms. The van der Waals surface area contributed by atoms with Gasteiger partial charge in [-0.25, -0.2) is 0 Å². The number of benzene rings is 1. The van der Waals surface area contributed by atoms with Gasteiger partial charge in [-0.1, -0.05) is 64.3 Å². The van der Waals surface area contributed by atoms with E-state index < -0.39 is 0 Å². The molecule has 1 aliphatic rings. The minimum atomic E-state index is 0.0815. The second-order valence-corrected chi connectivity index (χ2v) is 6.75. The van der Waals surface area contributed by atoms with Crippen LogP contribution in [0.3, 0.4) is 0 Å². The van der Waals surface area contributed by atoms with Gasteiger partial charge in [0.25, 0.3) is 0 Å². The molecule has 2 heteroatoms. The summed E-state index contributed by atoms with van der Waals surface area (Å²) in [5.41, 5.74) is 3.42. The van der Waals surface area contributed by atoms with Crippen molar-refractivity contribution in [1.29, 1.82) is 0 Å². The number of hydrogen-bond acceptors (Lipinski definition) is 1. The highest BCUT2D eigenvalue weighted by molar-refractivity contribution is 6.32. The van der Waals surface area contributed by atoms with Gasteiger partial charge in [-0.3, -0.25) is 0 Å². The monoisotopic (exact) mass is 240 g/mol. The van der Waals surface area contributed by atoms with Gasteiger partial charge >= 0.3 is 0 Å². The zero-order chi connectivity index (χ0) is 13.6. The molecule has 0 saturated carbocycles. The van der Waals surface area contributed by atoms with E-state index in [0.717, 1.165) is 23.4 Å². The molecule has 0 bridgehead atoms. The lowest BCUT2D eigenvalue weighted by Crippen LogP contribution is -2.24. The van der Waals surface area contributed by atoms with Crippen molar-refractivity contribution in [1.82, 2.24) is 0 Å². The molecule has 1 aromatic rings. The van der Waals surface area contributed by atoms with Crippen LogP contribution in [0.1, 0.15) is 40.2 Å². The van der Waals surface area contributed by atoms with E-state index in [-0.39, 0.29) is 10.8 Å². The average molecular weight is 240 g/mol. The lowest BCUT2D eigenvalue weighted by atomic mass is 9.71. The molecule has 94 valence electrons. The van der Waals surface area contributed by atoms with Crippen LogP contribution in [0, 0.1) is 10.8 Å². The Balaban J connectivity index is 2.60. The standard InChI is InChI=1S/C16H21BO/c1-15(2,3)14-13(18-10-16(14,4)5)11-7-6-8-12(17)9-11/h6-9H,10H2,1-5H3. The van der Waals surface area contributed by atoms with Gasteiger partial charge in [0.1, 0.15) is 13.6 Å². The van der Waals surface area contributed by atoms with Crippen LogP contribution in [0.4, 0.5) is 0 Å². The molecule has 0 aromatic heterocycles. The van der Waals surface area contributed by atoms with Crippen LogP contribution in [-0.2, 0) is 4.74 Å². The van der Waals surface area contributed by atoms with Crippen LogP contribution >= 0.6 is 0 Å². The molecule has 0 N–H and O–H groups in total. The van der Waals surface area contributed by atoms with Gasteiger partial charge in [-0.15, -0.1) is 0 Å². The fourth-order valence-electron chi connectivity index (χ4n) is 2.97. The first-order valence-corrected chi connectivity index (χ1v) is 6.46. The van der Waals surface area contributed by atoms with Crippen LogP contribution in [0.5, 0.6) is 0 Å². The van der Waals surface area contributed by atoms with Crippen LogP contribution in [0.25, 0.3) is 5.76 Å². The van der Waals surface area contributed by atoms with Gasteiger partial charge in [0.2, 0.25) is 0 Å². The van der Waals surface area contributed by atoms with Crippen molar-refractivity contribution in [2.45, 2.75) is 34.6 Å². The Morgan fingerprint density at radius 3 is 2.44 bits per heavy atom. The smallest absolute Gasteiger partial charge is 0.126 e. The third kappa shape index (κ3) is 2.34. The van der Waals surface area contributed by atoms with Crippen molar-refractivity contribution in [3.05, 3.63) is 35.4 Å². The fourth-order valence-corrected chi connectivity index (χ4v) is 2.97. The zero-order valence-corrected chi connectivity index (χ0v) is 12.0. The largest absolute Gasteiger partial charge is 0.492 e. The maximum Gasteiger partial charge on any atom is 0.126 e. The molecule has 0 saturated heterocycles. The predicted molar refractivity (Wildman–Crippen MR) is 77.9 cm³/mol. The maximum absolute atomic E-state index is 5.97. The number of ether oxygens (including phenoxy) is 1. The third-order valence-electron chi connectivity index (χ3n) is 3.38. The van der Waals surface area contributed by atoms with Crippen molar-refractivity contribution >= 4 is 19.1 Å². The van der Waals surface area contributed by atoms with E-state index in [0.29, 0.717) is 0 Å². The second kappa shape index (κ2) is 4.19. The topological polar surface area (TPSA) is 9.23 Å². The summed E-state index contributed by atoms with van der Waals surface area (Å²) in [6.07, 6.45) is 0. The van der Waals surface area contributed by atoms with Crippen molar-refractivity contribution < 1.29 is 4.74 Å². The Morgan fingerprint density at radius 1 is 1.22 bits per heavy atom. The van der Waals surface area contributed by atoms with E-state index in [1.807, 2.05) is 18.2 Å². The molecule has 0 atom stereocenters. The minimum Gasteiger partial charge on any atom is -0.492 e. The Bertz CT molecular complexity index is 492. The van der Waals surface area contributed by atoms with Gasteiger partial charge in [-0.05, 0) is 11.0 Å². The van der Waals surface area contributed by atoms with E-state index in [1.54, 1.807) is 0 Å². The van der Waals surface area contributed by atoms with Gasteiger partial charge < -0.3 is 4.74 Å². The molecule has 1 nitrogen and oxygen atoms in total. The van der Waals surface area contributed by atoms with Gasteiger partial charge in [0.15, 0.2) is 0 Å². The SMILES string of the molecule is [B]c1cccc(C2=C(C(C)(C)C)C(C)(C)CO2)c1. The molecule has 1 heterocycles. The van der Waals surface area contributed by atoms with Crippen molar-refractivity contribution in [3.8, 4) is 0 Å². The molecular weight excluding hydrogens is 219 g/mol. The summed E-state index contributed by atoms with van der Waals surface area (Å²) in [5.74, 6) is 1.01. The zero-order valence-electron chi connectivity index (χ0n) is 12.0. The molecule has 0 unspecified atom stereocenters. The molecule has 2 rings (SSSR count). The molecule has 0 aliphatic carbocycles. The van der Waals surface area contributed by atoms with Crippen LogP contribution in [0.2, 0.25) is 0 Å². The van der Waals surface area contributed by atoms with Crippen LogP contribution in [0.15, 0.2) is 29.8 Å². The summed E-state index contributed by atoms with van der Waals surface area (Å²) in [4.78, 5) is 0. The summed E-state index contributed by atoms with van der Waals surface area (Å²) in [6, 6.07) is 7.94. The minimum absolute atomic E-state index is 0.0815. The first-order chi connectivity index (χ1) is 8.22. The van der Waals surface area contributed by atoms with Gasteiger partial charge in [0, 0.05) is 11.0 Å². The summed E-state index contributed by atoms with van der Waals surface area (Å²) >= 11 is 0. The molecule has 0 amide bonds. The maximum atomic E-state index is 5.97. The van der Waals surface area contributed by atoms with E-state index in [9.17, 15) is 0 Å². The Hall–Kier alpha value is -1.18. The number of rotatable bonds is 1. The van der Waals surface area contributed by atoms with E-state index in [2.05, 4.69) is 40.7 Å². The molecule has 1 aromatic carbocycles. The third-order valence-corrected chi connectivity index (χ3v) is 3.38. The van der Waals surface area contributed by atoms with E-state index in [1.165, 1.54) is 5.57 Å². The fraction of sp³-hybridized carbons (Fsp3) is 0.500. The summed E-state index contributed by atoms with van der Waals surface area (Å²) < 4.78 is 5.97. The lowest BCUT2D eigenvalue weighted by Gasteiger charge is -2.30. The number of hydrogen-bond donors (Lipinski definition) is 0. The first-order valence-electron chi connectivity index (χ1n) is 6.46.